The summed E-state index contributed by atoms with van der Waals surface area (Å²) in [6, 6.07) is 10.5. The minimum Gasteiger partial charge on any atom is -0.487 e. The van der Waals surface area contributed by atoms with Gasteiger partial charge in [0.15, 0.2) is 5.69 Å². The van der Waals surface area contributed by atoms with Gasteiger partial charge in [-0.05, 0) is 86.8 Å². The maximum Gasteiger partial charge on any atom is 0.410 e. The van der Waals surface area contributed by atoms with Crippen molar-refractivity contribution in [3.05, 3.63) is 88.5 Å². The number of rotatable bonds is 10. The molecule has 300 valence electrons. The molecule has 0 fully saturated rings. The third-order valence-electron chi connectivity index (χ3n) is 10.1. The number of fused-ring (bicyclic) bond motifs is 2. The second-order valence-electron chi connectivity index (χ2n) is 16.5. The summed E-state index contributed by atoms with van der Waals surface area (Å²) in [6.45, 7) is 12.5. The molecule has 56 heavy (non-hydrogen) atoms. The topological polar surface area (TPSA) is 169 Å². The second kappa shape index (κ2) is 17.1. The zero-order chi connectivity index (χ0) is 40.9. The Kier molecular flexibility index (Phi) is 12.7. The van der Waals surface area contributed by atoms with Crippen LogP contribution in [0.25, 0.3) is 0 Å². The first kappa shape index (κ1) is 41.6. The number of ether oxygens (including phenoxy) is 3. The van der Waals surface area contributed by atoms with Crippen molar-refractivity contribution in [1.82, 2.24) is 30.4 Å². The third-order valence-corrected chi connectivity index (χ3v) is 10.1. The Hall–Kier alpha value is -5.53. The lowest BCUT2D eigenvalue weighted by Crippen LogP contribution is -2.62. The molecule has 2 N–H and O–H groups in total. The van der Waals surface area contributed by atoms with Crippen LogP contribution in [0.3, 0.4) is 0 Å². The van der Waals surface area contributed by atoms with Gasteiger partial charge in [-0.3, -0.25) is 24.3 Å². The fourth-order valence-corrected chi connectivity index (χ4v) is 6.83. The predicted molar refractivity (Wildman–Crippen MR) is 207 cm³/mol. The maximum atomic E-state index is 14.8. The molecule has 2 aliphatic rings. The Labute approximate surface area is 328 Å². The van der Waals surface area contributed by atoms with Gasteiger partial charge >= 0.3 is 12.1 Å². The Bertz CT molecular complexity index is 1940. The smallest absolute Gasteiger partial charge is 0.410 e. The lowest BCUT2D eigenvalue weighted by molar-refractivity contribution is -0.147. The lowest BCUT2D eigenvalue weighted by Gasteiger charge is -2.42. The fraction of sp³-hybridized carbons (Fsp3) is 0.500. The molecule has 2 aromatic carbocycles. The van der Waals surface area contributed by atoms with Crippen molar-refractivity contribution in [3.8, 4) is 5.75 Å². The third kappa shape index (κ3) is 10.0. The zero-order valence-electron chi connectivity index (χ0n) is 33.8. The fourth-order valence-electron chi connectivity index (χ4n) is 6.83. The molecule has 4 atom stereocenters. The van der Waals surface area contributed by atoms with Gasteiger partial charge < -0.3 is 29.7 Å². The van der Waals surface area contributed by atoms with Crippen LogP contribution in [-0.2, 0) is 49.9 Å². The van der Waals surface area contributed by atoms with Gasteiger partial charge in [-0.2, -0.15) is 0 Å². The van der Waals surface area contributed by atoms with E-state index in [1.165, 1.54) is 37.0 Å². The van der Waals surface area contributed by atoms with Crippen LogP contribution in [0.15, 0.2) is 54.9 Å². The van der Waals surface area contributed by atoms with Crippen molar-refractivity contribution >= 4 is 29.8 Å². The van der Waals surface area contributed by atoms with Gasteiger partial charge in [0, 0.05) is 20.0 Å². The van der Waals surface area contributed by atoms with Crippen molar-refractivity contribution in [2.45, 2.75) is 117 Å². The highest BCUT2D eigenvalue weighted by molar-refractivity contribution is 5.95. The molecule has 0 spiro atoms. The highest BCUT2D eigenvalue weighted by Gasteiger charge is 2.43. The average Bonchev–Trinajstić information content (AvgIpc) is 3.16. The number of nitrogens with zero attached hydrogens (tertiary/aromatic N) is 4. The Morgan fingerprint density at radius 3 is 2.36 bits per heavy atom. The van der Waals surface area contributed by atoms with Gasteiger partial charge in [-0.1, -0.05) is 51.1 Å². The molecule has 5 rings (SSSR count). The van der Waals surface area contributed by atoms with Crippen LogP contribution in [0.1, 0.15) is 106 Å². The van der Waals surface area contributed by atoms with Gasteiger partial charge in [0.25, 0.3) is 0 Å². The molecular weight excluding hydrogens is 716 g/mol. The highest BCUT2D eigenvalue weighted by atomic mass is 16.6. The number of carbonyl (C=O) groups is 5. The average molecular weight is 771 g/mol. The van der Waals surface area contributed by atoms with E-state index >= 15 is 0 Å². The number of benzene rings is 2. The van der Waals surface area contributed by atoms with Gasteiger partial charge in [0.2, 0.25) is 17.7 Å². The standard InChI is InChI=1S/C42H54N6O8/c1-25(47(8)40(53)56-42(5,6)7)36(49)46-35(41(2,3)4)38(51)48-23-28-19-30(55-24-29-21-44-33(22-43-29)39(52)54-9)18-17-27(28)20-34(48)37(50)45-32-16-12-14-26-13-10-11-15-31(26)32/h10-11,13,15,17-19,21-22,25,32,34-35H,12,14,16,20,23-24H2,1-9H3,(H,45,50)(H,46,49)/t25-,32+,34-,35+/m0/s1. The van der Waals surface area contributed by atoms with Crippen molar-refractivity contribution in [2.24, 2.45) is 5.41 Å². The summed E-state index contributed by atoms with van der Waals surface area (Å²) in [4.78, 5) is 78.6. The summed E-state index contributed by atoms with van der Waals surface area (Å²) >= 11 is 0. The maximum absolute atomic E-state index is 14.8. The van der Waals surface area contributed by atoms with E-state index in [-0.39, 0.29) is 37.2 Å². The Morgan fingerprint density at radius 1 is 0.964 bits per heavy atom. The highest BCUT2D eigenvalue weighted by Crippen LogP contribution is 2.33. The SMILES string of the molecule is COC(=O)c1cnc(COc2ccc3c(c2)CN(C(=O)[C@@H](NC(=O)[C@H](C)N(C)C(=O)OC(C)(C)C)C(C)(C)C)[C@H](C(=O)N[C@@H]2CCCc4ccccc42)C3)cn1. The molecule has 4 amide bonds. The molecule has 0 unspecified atom stereocenters. The summed E-state index contributed by atoms with van der Waals surface area (Å²) in [5.41, 5.74) is 2.97. The summed E-state index contributed by atoms with van der Waals surface area (Å²) in [7, 11) is 2.74. The van der Waals surface area contributed by atoms with Crippen LogP contribution >= 0.6 is 0 Å². The van der Waals surface area contributed by atoms with Crippen LogP contribution < -0.4 is 15.4 Å². The molecular formula is C42H54N6O8. The first-order valence-electron chi connectivity index (χ1n) is 18.9. The van der Waals surface area contributed by atoms with Gasteiger partial charge in [0.1, 0.15) is 36.1 Å². The van der Waals surface area contributed by atoms with Crippen LogP contribution in [-0.4, -0.2) is 87.4 Å². The monoisotopic (exact) mass is 770 g/mol. The number of hydrogen-bond donors (Lipinski definition) is 2. The molecule has 0 saturated heterocycles. The largest absolute Gasteiger partial charge is 0.487 e. The Morgan fingerprint density at radius 2 is 1.70 bits per heavy atom. The molecule has 14 heteroatoms. The van der Waals surface area contributed by atoms with Gasteiger partial charge in [-0.25, -0.2) is 14.6 Å². The van der Waals surface area contributed by atoms with E-state index in [4.69, 9.17) is 9.47 Å². The van der Waals surface area contributed by atoms with Crippen molar-refractivity contribution in [2.75, 3.05) is 14.2 Å². The van der Waals surface area contributed by atoms with E-state index in [9.17, 15) is 24.0 Å². The van der Waals surface area contributed by atoms with E-state index in [0.717, 1.165) is 36.0 Å². The molecule has 0 bridgehead atoms. The van der Waals surface area contributed by atoms with E-state index < -0.39 is 53.0 Å². The van der Waals surface area contributed by atoms with E-state index in [1.807, 2.05) is 51.1 Å². The molecule has 2 heterocycles. The van der Waals surface area contributed by atoms with Gasteiger partial charge in [-0.15, -0.1) is 0 Å². The van der Waals surface area contributed by atoms with E-state index in [1.54, 1.807) is 38.7 Å². The van der Waals surface area contributed by atoms with Crippen molar-refractivity contribution < 1.29 is 38.2 Å². The van der Waals surface area contributed by atoms with Crippen molar-refractivity contribution in [1.29, 1.82) is 0 Å². The number of methoxy groups -OCH3 is 1. The molecule has 1 aromatic heterocycles. The first-order valence-corrected chi connectivity index (χ1v) is 18.9. The minimum absolute atomic E-state index is 0.0673. The Balaban J connectivity index is 1.41. The molecule has 1 aliphatic carbocycles. The summed E-state index contributed by atoms with van der Waals surface area (Å²) in [5.74, 6) is -1.33. The van der Waals surface area contributed by atoms with Crippen LogP contribution in [0.5, 0.6) is 5.75 Å². The predicted octanol–water partition coefficient (Wildman–Crippen LogP) is 5.08. The molecule has 0 saturated carbocycles. The number of carbonyl (C=O) groups excluding carboxylic acids is 5. The minimum atomic E-state index is -1.05. The number of hydrogen-bond acceptors (Lipinski definition) is 10. The summed E-state index contributed by atoms with van der Waals surface area (Å²) < 4.78 is 16.2. The second-order valence-corrected chi connectivity index (χ2v) is 16.5. The summed E-state index contributed by atoms with van der Waals surface area (Å²) in [5, 5.41) is 6.18. The van der Waals surface area contributed by atoms with Crippen LogP contribution in [0.2, 0.25) is 0 Å². The molecule has 14 nitrogen and oxygen atoms in total. The molecule has 3 aromatic rings. The van der Waals surface area contributed by atoms with E-state index in [2.05, 4.69) is 31.4 Å². The summed E-state index contributed by atoms with van der Waals surface area (Å²) in [6.07, 6.45) is 4.97. The zero-order valence-corrected chi connectivity index (χ0v) is 33.8. The number of aryl methyl sites for hydroxylation is 1. The number of nitrogens with one attached hydrogen (secondary N) is 2. The molecule has 1 aliphatic heterocycles. The lowest BCUT2D eigenvalue weighted by atomic mass is 9.83. The normalized spacial score (nSPS) is 17.6. The first-order chi connectivity index (χ1) is 26.4. The quantitative estimate of drug-likeness (QED) is 0.266. The van der Waals surface area contributed by atoms with Crippen LogP contribution in [0.4, 0.5) is 4.79 Å². The number of esters is 1. The molecule has 0 radical (unpaired) electrons. The van der Waals surface area contributed by atoms with Gasteiger partial charge in [0.05, 0.1) is 31.2 Å². The number of aromatic nitrogens is 2. The van der Waals surface area contributed by atoms with Crippen molar-refractivity contribution in [3.63, 3.8) is 0 Å². The number of likely N-dealkylation sites (N-methyl/N-ethyl adjacent to an activating group) is 1. The number of amides is 4. The van der Waals surface area contributed by atoms with Crippen LogP contribution in [0, 0.1) is 5.41 Å². The van der Waals surface area contributed by atoms with E-state index in [0.29, 0.717) is 11.4 Å².